The average molecular weight is 351 g/mol. The number of benzene rings is 1. The second-order valence-corrected chi connectivity index (χ2v) is 7.32. The number of carbonyl (C=O) groups excluding carboxylic acids is 1. The van der Waals surface area contributed by atoms with Crippen molar-refractivity contribution in [2.24, 2.45) is 0 Å². The van der Waals surface area contributed by atoms with E-state index in [4.69, 9.17) is 0 Å². The fourth-order valence-corrected chi connectivity index (χ4v) is 4.05. The van der Waals surface area contributed by atoms with Gasteiger partial charge in [0.15, 0.2) is 5.78 Å². The SMILES string of the molecule is CCCn1c(=O)n(CC(=O)c2cc(C)n(C3CC3)c2C)c2ccccc21. The summed E-state index contributed by atoms with van der Waals surface area (Å²) in [4.78, 5) is 25.9. The van der Waals surface area contributed by atoms with Gasteiger partial charge in [-0.1, -0.05) is 19.1 Å². The van der Waals surface area contributed by atoms with Crippen LogP contribution in [0.25, 0.3) is 11.0 Å². The minimum absolute atomic E-state index is 0.00602. The topological polar surface area (TPSA) is 48.9 Å². The predicted octanol–water partition coefficient (Wildman–Crippen LogP) is 3.85. The Bertz CT molecular complexity index is 1050. The zero-order valence-electron chi connectivity index (χ0n) is 15.7. The van der Waals surface area contributed by atoms with Crippen molar-refractivity contribution < 1.29 is 4.79 Å². The Kier molecular flexibility index (Phi) is 4.10. The molecule has 0 amide bonds. The highest BCUT2D eigenvalue weighted by Gasteiger charge is 2.28. The summed E-state index contributed by atoms with van der Waals surface area (Å²) < 4.78 is 5.67. The van der Waals surface area contributed by atoms with Crippen molar-refractivity contribution in [2.45, 2.75) is 59.2 Å². The van der Waals surface area contributed by atoms with Crippen molar-refractivity contribution in [3.8, 4) is 0 Å². The second kappa shape index (κ2) is 6.31. The molecule has 3 aromatic rings. The van der Waals surface area contributed by atoms with Crippen molar-refractivity contribution in [1.29, 1.82) is 0 Å². The van der Waals surface area contributed by atoms with E-state index >= 15 is 0 Å². The normalized spacial score (nSPS) is 14.3. The maximum atomic E-state index is 13.0. The smallest absolute Gasteiger partial charge is 0.329 e. The molecule has 1 fully saturated rings. The van der Waals surface area contributed by atoms with Gasteiger partial charge >= 0.3 is 5.69 Å². The Balaban J connectivity index is 1.74. The molecule has 1 aromatic carbocycles. The molecular formula is C21H25N3O2. The van der Waals surface area contributed by atoms with Gasteiger partial charge in [-0.2, -0.15) is 0 Å². The van der Waals surface area contributed by atoms with Crippen LogP contribution in [0.3, 0.4) is 0 Å². The van der Waals surface area contributed by atoms with Gasteiger partial charge < -0.3 is 4.57 Å². The lowest BCUT2D eigenvalue weighted by Gasteiger charge is -2.08. The lowest BCUT2D eigenvalue weighted by atomic mass is 10.1. The van der Waals surface area contributed by atoms with E-state index < -0.39 is 0 Å². The number of aryl methyl sites for hydroxylation is 2. The first-order valence-electron chi connectivity index (χ1n) is 9.42. The standard InChI is InChI=1S/C21H25N3O2/c1-4-11-22-18-7-5-6-8-19(18)23(21(22)26)13-20(25)17-12-14(2)24(15(17)3)16-9-10-16/h5-8,12,16H,4,9-11,13H2,1-3H3. The number of carbonyl (C=O) groups is 1. The van der Waals surface area contributed by atoms with Gasteiger partial charge in [0.2, 0.25) is 0 Å². The van der Waals surface area contributed by atoms with Gasteiger partial charge in [-0.3, -0.25) is 13.9 Å². The molecule has 4 rings (SSSR count). The van der Waals surface area contributed by atoms with E-state index in [1.165, 1.54) is 12.8 Å². The highest BCUT2D eigenvalue weighted by molar-refractivity contribution is 5.98. The quantitative estimate of drug-likeness (QED) is 0.633. The van der Waals surface area contributed by atoms with Crippen LogP contribution in [0.2, 0.25) is 0 Å². The van der Waals surface area contributed by atoms with E-state index in [2.05, 4.69) is 18.4 Å². The van der Waals surface area contributed by atoms with Crippen LogP contribution < -0.4 is 5.69 Å². The average Bonchev–Trinajstić information content (AvgIpc) is 3.37. The van der Waals surface area contributed by atoms with Crippen LogP contribution in [0.15, 0.2) is 35.1 Å². The molecular weight excluding hydrogens is 326 g/mol. The Morgan fingerprint density at radius 1 is 1.12 bits per heavy atom. The third kappa shape index (κ3) is 2.62. The summed E-state index contributed by atoms with van der Waals surface area (Å²) in [5.74, 6) is 0.00602. The van der Waals surface area contributed by atoms with Crippen LogP contribution in [0.5, 0.6) is 0 Å². The van der Waals surface area contributed by atoms with Crippen LogP contribution in [0, 0.1) is 13.8 Å². The lowest BCUT2D eigenvalue weighted by Crippen LogP contribution is -2.27. The molecule has 1 aliphatic carbocycles. The molecule has 0 spiro atoms. The minimum atomic E-state index is -0.0996. The molecule has 0 radical (unpaired) electrons. The second-order valence-electron chi connectivity index (χ2n) is 7.32. The number of hydrogen-bond acceptors (Lipinski definition) is 2. The Morgan fingerprint density at radius 3 is 2.38 bits per heavy atom. The third-order valence-electron chi connectivity index (χ3n) is 5.37. The molecule has 0 atom stereocenters. The van der Waals surface area contributed by atoms with E-state index in [9.17, 15) is 9.59 Å². The summed E-state index contributed by atoms with van der Waals surface area (Å²) >= 11 is 0. The molecule has 0 aliphatic heterocycles. The van der Waals surface area contributed by atoms with Crippen LogP contribution >= 0.6 is 0 Å². The van der Waals surface area contributed by atoms with E-state index in [1.54, 1.807) is 9.13 Å². The van der Waals surface area contributed by atoms with Crippen molar-refractivity contribution in [2.75, 3.05) is 0 Å². The number of fused-ring (bicyclic) bond motifs is 1. The number of rotatable bonds is 6. The van der Waals surface area contributed by atoms with Crippen molar-refractivity contribution in [1.82, 2.24) is 13.7 Å². The highest BCUT2D eigenvalue weighted by atomic mass is 16.2. The molecule has 136 valence electrons. The molecule has 26 heavy (non-hydrogen) atoms. The monoisotopic (exact) mass is 351 g/mol. The zero-order chi connectivity index (χ0) is 18.4. The summed E-state index contributed by atoms with van der Waals surface area (Å²) in [6, 6.07) is 10.2. The molecule has 5 nitrogen and oxygen atoms in total. The molecule has 2 aromatic heterocycles. The van der Waals surface area contributed by atoms with Crippen molar-refractivity contribution in [3.63, 3.8) is 0 Å². The van der Waals surface area contributed by atoms with E-state index in [-0.39, 0.29) is 18.0 Å². The molecule has 1 saturated carbocycles. The fourth-order valence-electron chi connectivity index (χ4n) is 4.05. The largest absolute Gasteiger partial charge is 0.345 e. The molecule has 2 heterocycles. The van der Waals surface area contributed by atoms with Gasteiger partial charge in [0, 0.05) is 29.5 Å². The third-order valence-corrected chi connectivity index (χ3v) is 5.37. The zero-order valence-corrected chi connectivity index (χ0v) is 15.7. The Hall–Kier alpha value is -2.56. The van der Waals surface area contributed by atoms with Gasteiger partial charge in [0.05, 0.1) is 17.6 Å². The van der Waals surface area contributed by atoms with Gasteiger partial charge in [0.1, 0.15) is 0 Å². The Morgan fingerprint density at radius 2 is 1.77 bits per heavy atom. The number of para-hydroxylation sites is 2. The molecule has 1 aliphatic rings. The van der Waals surface area contributed by atoms with Gasteiger partial charge in [-0.25, -0.2) is 4.79 Å². The molecule has 5 heteroatoms. The number of imidazole rings is 1. The minimum Gasteiger partial charge on any atom is -0.345 e. The Labute approximate surface area is 152 Å². The predicted molar refractivity (Wildman–Crippen MR) is 103 cm³/mol. The summed E-state index contributed by atoms with van der Waals surface area (Å²) in [6.07, 6.45) is 3.26. The van der Waals surface area contributed by atoms with Gasteiger partial charge in [-0.15, -0.1) is 0 Å². The molecule has 0 saturated heterocycles. The number of hydrogen-bond donors (Lipinski definition) is 0. The lowest BCUT2D eigenvalue weighted by molar-refractivity contribution is 0.0971. The number of ketones is 1. The molecule has 0 N–H and O–H groups in total. The van der Waals surface area contributed by atoms with Crippen LogP contribution in [-0.4, -0.2) is 19.5 Å². The van der Waals surface area contributed by atoms with Crippen molar-refractivity contribution >= 4 is 16.8 Å². The maximum absolute atomic E-state index is 13.0. The maximum Gasteiger partial charge on any atom is 0.329 e. The molecule has 0 unspecified atom stereocenters. The fraction of sp³-hybridized carbons (Fsp3) is 0.429. The first kappa shape index (κ1) is 16.9. The van der Waals surface area contributed by atoms with E-state index in [0.29, 0.717) is 12.6 Å². The highest BCUT2D eigenvalue weighted by Crippen LogP contribution is 2.38. The van der Waals surface area contributed by atoms with Gasteiger partial charge in [-0.05, 0) is 51.3 Å². The van der Waals surface area contributed by atoms with Crippen LogP contribution in [0.4, 0.5) is 0 Å². The van der Waals surface area contributed by atoms with E-state index in [1.807, 2.05) is 37.3 Å². The van der Waals surface area contributed by atoms with Crippen molar-refractivity contribution in [3.05, 3.63) is 57.8 Å². The van der Waals surface area contributed by atoms with Gasteiger partial charge in [0.25, 0.3) is 0 Å². The van der Waals surface area contributed by atoms with E-state index in [0.717, 1.165) is 34.4 Å². The first-order chi connectivity index (χ1) is 12.5. The molecule has 0 bridgehead atoms. The number of nitrogens with zero attached hydrogens (tertiary/aromatic N) is 3. The summed E-state index contributed by atoms with van der Waals surface area (Å²) in [6.45, 7) is 6.88. The number of aromatic nitrogens is 3. The van der Waals surface area contributed by atoms with Crippen LogP contribution in [0.1, 0.15) is 54.0 Å². The summed E-state index contributed by atoms with van der Waals surface area (Å²) in [5, 5.41) is 0. The van der Waals surface area contributed by atoms with Crippen LogP contribution in [-0.2, 0) is 13.1 Å². The number of Topliss-reactive ketones (excluding diaryl/α,β-unsaturated/α-hetero) is 1. The summed E-state index contributed by atoms with van der Waals surface area (Å²) in [7, 11) is 0. The first-order valence-corrected chi connectivity index (χ1v) is 9.42. The summed E-state index contributed by atoms with van der Waals surface area (Å²) in [5.41, 5.74) is 4.53.